The summed E-state index contributed by atoms with van der Waals surface area (Å²) in [6, 6.07) is 18.5. The molecule has 0 aliphatic rings. The Morgan fingerprint density at radius 3 is 2.56 bits per heavy atom. The third-order valence-electron chi connectivity index (χ3n) is 4.68. The molecule has 1 amide bonds. The second-order valence-corrected chi connectivity index (χ2v) is 7.12. The summed E-state index contributed by atoms with van der Waals surface area (Å²) in [6.45, 7) is 7.15. The summed E-state index contributed by atoms with van der Waals surface area (Å²) in [7, 11) is 0. The van der Waals surface area contributed by atoms with Gasteiger partial charge in [-0.2, -0.15) is 0 Å². The van der Waals surface area contributed by atoms with Crippen LogP contribution in [0.3, 0.4) is 0 Å². The number of benzene rings is 2. The lowest BCUT2D eigenvalue weighted by Crippen LogP contribution is -2.37. The van der Waals surface area contributed by atoms with Gasteiger partial charge in [-0.1, -0.05) is 42.0 Å². The van der Waals surface area contributed by atoms with E-state index < -0.39 is 5.82 Å². The number of carbonyl (C=O) groups excluding carboxylic acids is 1. The molecule has 0 atom stereocenters. The third kappa shape index (κ3) is 4.45. The fourth-order valence-electron chi connectivity index (χ4n) is 3.21. The van der Waals surface area contributed by atoms with Crippen molar-refractivity contribution in [3.8, 4) is 0 Å². The summed E-state index contributed by atoms with van der Waals surface area (Å²) in [5.74, 6) is -0.769. The highest BCUT2D eigenvalue weighted by atomic mass is 19.1. The minimum Gasteiger partial charge on any atom is -0.345 e. The highest BCUT2D eigenvalue weighted by molar-refractivity contribution is 5.94. The molecule has 0 radical (unpaired) electrons. The van der Waals surface area contributed by atoms with Crippen molar-refractivity contribution >= 4 is 5.91 Å². The maximum atomic E-state index is 14.1. The molecule has 0 bridgehead atoms. The Labute approximate surface area is 160 Å². The van der Waals surface area contributed by atoms with Crippen LogP contribution in [0.2, 0.25) is 0 Å². The topological polar surface area (TPSA) is 25.2 Å². The van der Waals surface area contributed by atoms with Crippen LogP contribution < -0.4 is 0 Å². The van der Waals surface area contributed by atoms with Gasteiger partial charge in [-0.05, 0) is 50.6 Å². The number of nitrogens with zero attached hydrogens (tertiary/aromatic N) is 2. The summed E-state index contributed by atoms with van der Waals surface area (Å²) < 4.78 is 16.2. The lowest BCUT2D eigenvalue weighted by molar-refractivity contribution is 0.0681. The van der Waals surface area contributed by atoms with Gasteiger partial charge >= 0.3 is 0 Å². The van der Waals surface area contributed by atoms with Crippen molar-refractivity contribution in [1.29, 1.82) is 0 Å². The molecule has 0 saturated heterocycles. The van der Waals surface area contributed by atoms with Gasteiger partial charge in [-0.3, -0.25) is 4.79 Å². The molecule has 3 aromatic rings. The van der Waals surface area contributed by atoms with Crippen molar-refractivity contribution < 1.29 is 9.18 Å². The minimum absolute atomic E-state index is 0.0422. The summed E-state index contributed by atoms with van der Waals surface area (Å²) in [5.41, 5.74) is 3.57. The molecule has 2 aromatic carbocycles. The molecule has 3 rings (SSSR count). The van der Waals surface area contributed by atoms with Crippen LogP contribution in [0.5, 0.6) is 0 Å². The lowest BCUT2D eigenvalue weighted by atomic mass is 10.1. The number of hydrogen-bond acceptors (Lipinski definition) is 1. The SMILES string of the molecule is Cc1cccc(Cn2cccc2CN(C(=O)c2ccccc2F)C(C)C)c1. The van der Waals surface area contributed by atoms with E-state index in [9.17, 15) is 9.18 Å². The van der Waals surface area contributed by atoms with Crippen molar-refractivity contribution in [3.63, 3.8) is 0 Å². The Bertz CT molecular complexity index is 929. The largest absolute Gasteiger partial charge is 0.345 e. The first-order valence-corrected chi connectivity index (χ1v) is 9.21. The molecule has 0 saturated carbocycles. The van der Waals surface area contributed by atoms with Crippen LogP contribution in [0.1, 0.15) is 41.0 Å². The molecular weight excluding hydrogens is 339 g/mol. The van der Waals surface area contributed by atoms with Gasteiger partial charge in [-0.25, -0.2) is 4.39 Å². The predicted molar refractivity (Wildman–Crippen MR) is 106 cm³/mol. The normalized spacial score (nSPS) is 11.0. The van der Waals surface area contributed by atoms with Gasteiger partial charge < -0.3 is 9.47 Å². The zero-order valence-corrected chi connectivity index (χ0v) is 16.0. The minimum atomic E-state index is -0.483. The van der Waals surface area contributed by atoms with E-state index in [2.05, 4.69) is 35.8 Å². The predicted octanol–water partition coefficient (Wildman–Crippen LogP) is 5.03. The highest BCUT2D eigenvalue weighted by Gasteiger charge is 2.22. The zero-order valence-electron chi connectivity index (χ0n) is 16.0. The van der Waals surface area contributed by atoms with Crippen molar-refractivity contribution in [1.82, 2.24) is 9.47 Å². The first-order valence-electron chi connectivity index (χ1n) is 9.21. The molecule has 0 aliphatic carbocycles. The van der Waals surface area contributed by atoms with E-state index in [1.165, 1.54) is 17.2 Å². The molecule has 0 aliphatic heterocycles. The molecule has 0 spiro atoms. The van der Waals surface area contributed by atoms with Crippen LogP contribution in [0, 0.1) is 12.7 Å². The Morgan fingerprint density at radius 1 is 1.07 bits per heavy atom. The van der Waals surface area contributed by atoms with E-state index in [1.807, 2.05) is 32.2 Å². The van der Waals surface area contributed by atoms with Crippen LogP contribution in [0.4, 0.5) is 4.39 Å². The number of halogens is 1. The standard InChI is InChI=1S/C23H25FN2O/c1-17(2)26(23(27)21-11-4-5-12-22(21)24)16-20-10-7-13-25(20)15-19-9-6-8-18(3)14-19/h4-14,17H,15-16H2,1-3H3. The van der Waals surface area contributed by atoms with Crippen LogP contribution in [0.25, 0.3) is 0 Å². The summed E-state index contributed by atoms with van der Waals surface area (Å²) in [5, 5.41) is 0. The molecule has 3 nitrogen and oxygen atoms in total. The highest BCUT2D eigenvalue weighted by Crippen LogP contribution is 2.17. The van der Waals surface area contributed by atoms with Crippen LogP contribution in [-0.2, 0) is 13.1 Å². The van der Waals surface area contributed by atoms with E-state index in [-0.39, 0.29) is 17.5 Å². The van der Waals surface area contributed by atoms with Crippen LogP contribution >= 0.6 is 0 Å². The molecule has 140 valence electrons. The number of aromatic nitrogens is 1. The van der Waals surface area contributed by atoms with Crippen molar-refractivity contribution in [2.24, 2.45) is 0 Å². The maximum absolute atomic E-state index is 14.1. The van der Waals surface area contributed by atoms with E-state index >= 15 is 0 Å². The molecule has 1 aromatic heterocycles. The second-order valence-electron chi connectivity index (χ2n) is 7.12. The van der Waals surface area contributed by atoms with E-state index in [4.69, 9.17) is 0 Å². The average molecular weight is 364 g/mol. The summed E-state index contributed by atoms with van der Waals surface area (Å²) in [4.78, 5) is 14.6. The summed E-state index contributed by atoms with van der Waals surface area (Å²) in [6.07, 6.45) is 2.02. The van der Waals surface area contributed by atoms with Gasteiger partial charge in [0.05, 0.1) is 12.1 Å². The van der Waals surface area contributed by atoms with Crippen molar-refractivity contribution in [3.05, 3.63) is 95.1 Å². The van der Waals surface area contributed by atoms with Crippen molar-refractivity contribution in [2.75, 3.05) is 0 Å². The fraction of sp³-hybridized carbons (Fsp3) is 0.261. The number of rotatable bonds is 6. The van der Waals surface area contributed by atoms with Gasteiger partial charge in [0.25, 0.3) is 5.91 Å². The first kappa shape index (κ1) is 18.9. The zero-order chi connectivity index (χ0) is 19.4. The Morgan fingerprint density at radius 2 is 1.85 bits per heavy atom. The fourth-order valence-corrected chi connectivity index (χ4v) is 3.21. The van der Waals surface area contributed by atoms with Crippen LogP contribution in [0.15, 0.2) is 66.9 Å². The molecule has 0 fully saturated rings. The molecular formula is C23H25FN2O. The maximum Gasteiger partial charge on any atom is 0.257 e. The van der Waals surface area contributed by atoms with E-state index in [1.54, 1.807) is 23.1 Å². The van der Waals surface area contributed by atoms with Gasteiger partial charge in [0.1, 0.15) is 5.82 Å². The molecule has 0 N–H and O–H groups in total. The van der Waals surface area contributed by atoms with Gasteiger partial charge in [0.15, 0.2) is 0 Å². The molecule has 1 heterocycles. The van der Waals surface area contributed by atoms with Crippen LogP contribution in [-0.4, -0.2) is 21.4 Å². The number of aryl methyl sites for hydroxylation is 1. The monoisotopic (exact) mass is 364 g/mol. The third-order valence-corrected chi connectivity index (χ3v) is 4.68. The van der Waals surface area contributed by atoms with E-state index in [0.29, 0.717) is 6.54 Å². The number of carbonyl (C=O) groups is 1. The lowest BCUT2D eigenvalue weighted by Gasteiger charge is -2.27. The van der Waals surface area contributed by atoms with Gasteiger partial charge in [0.2, 0.25) is 0 Å². The molecule has 0 unspecified atom stereocenters. The summed E-state index contributed by atoms with van der Waals surface area (Å²) >= 11 is 0. The Balaban J connectivity index is 1.83. The smallest absolute Gasteiger partial charge is 0.257 e. The second kappa shape index (κ2) is 8.21. The molecule has 27 heavy (non-hydrogen) atoms. The Kier molecular flexibility index (Phi) is 5.75. The average Bonchev–Trinajstić information content (AvgIpc) is 3.06. The number of amides is 1. The van der Waals surface area contributed by atoms with E-state index in [0.717, 1.165) is 12.2 Å². The van der Waals surface area contributed by atoms with Gasteiger partial charge in [0, 0.05) is 24.5 Å². The number of hydrogen-bond donors (Lipinski definition) is 0. The van der Waals surface area contributed by atoms with Crippen molar-refractivity contribution in [2.45, 2.75) is 39.9 Å². The Hall–Kier alpha value is -2.88. The molecule has 4 heteroatoms. The van der Waals surface area contributed by atoms with Gasteiger partial charge in [-0.15, -0.1) is 0 Å². The quantitative estimate of drug-likeness (QED) is 0.602. The first-order chi connectivity index (χ1) is 13.0.